The van der Waals surface area contributed by atoms with Gasteiger partial charge in [-0.25, -0.2) is 0 Å². The van der Waals surface area contributed by atoms with Crippen molar-refractivity contribution < 1.29 is 19.1 Å². The zero-order chi connectivity index (χ0) is 22.1. The summed E-state index contributed by atoms with van der Waals surface area (Å²) in [5, 5.41) is 3.55. The lowest BCUT2D eigenvalue weighted by Gasteiger charge is -2.28. The van der Waals surface area contributed by atoms with Crippen LogP contribution in [0.25, 0.3) is 0 Å². The average molecular weight is 453 g/mol. The number of halogens is 2. The Morgan fingerprint density at radius 1 is 1.10 bits per heavy atom. The van der Waals surface area contributed by atoms with E-state index >= 15 is 0 Å². The first-order chi connectivity index (χ1) is 14.3. The van der Waals surface area contributed by atoms with Crippen molar-refractivity contribution >= 4 is 35.0 Å². The van der Waals surface area contributed by atoms with Crippen LogP contribution in [0.1, 0.15) is 25.3 Å². The number of amides is 2. The van der Waals surface area contributed by atoms with Gasteiger partial charge in [-0.1, -0.05) is 29.3 Å². The molecule has 0 saturated heterocycles. The minimum absolute atomic E-state index is 0.157. The van der Waals surface area contributed by atoms with Crippen molar-refractivity contribution in [2.75, 3.05) is 20.8 Å². The van der Waals surface area contributed by atoms with E-state index in [1.807, 2.05) is 24.3 Å². The van der Waals surface area contributed by atoms with Gasteiger partial charge in [-0.2, -0.15) is 0 Å². The van der Waals surface area contributed by atoms with Crippen LogP contribution in [-0.4, -0.2) is 43.5 Å². The Morgan fingerprint density at radius 2 is 1.77 bits per heavy atom. The number of ether oxygens (including phenoxy) is 2. The predicted molar refractivity (Wildman–Crippen MR) is 118 cm³/mol. The third-order valence-corrected chi connectivity index (χ3v) is 5.22. The molecule has 0 aromatic heterocycles. The van der Waals surface area contributed by atoms with Crippen molar-refractivity contribution in [3.05, 3.63) is 58.1 Å². The Hall–Kier alpha value is -2.44. The first-order valence-corrected chi connectivity index (χ1v) is 10.3. The molecule has 2 aromatic carbocycles. The highest BCUT2D eigenvalue weighted by atomic mass is 35.5. The number of likely N-dealkylation sites (N-methyl/N-ethyl adjacent to an activating group) is 1. The van der Waals surface area contributed by atoms with Gasteiger partial charge in [0, 0.05) is 30.1 Å². The van der Waals surface area contributed by atoms with Gasteiger partial charge in [-0.15, -0.1) is 0 Å². The molecule has 162 valence electrons. The topological polar surface area (TPSA) is 67.9 Å². The van der Waals surface area contributed by atoms with Crippen molar-refractivity contribution in [3.8, 4) is 11.5 Å². The lowest BCUT2D eigenvalue weighted by atomic mass is 10.1. The summed E-state index contributed by atoms with van der Waals surface area (Å²) in [4.78, 5) is 26.6. The normalized spacial score (nSPS) is 11.5. The number of nitrogens with zero attached hydrogens (tertiary/aromatic N) is 1. The zero-order valence-corrected chi connectivity index (χ0v) is 18.8. The maximum Gasteiger partial charge on any atom is 0.242 e. The SMILES string of the molecule is CNC(=O)C(C)N(Cc1ccc(Cl)cc1Cl)C(=O)CCCOc1ccc(OC)cc1. The molecule has 0 heterocycles. The van der Waals surface area contributed by atoms with Crippen LogP contribution >= 0.6 is 23.2 Å². The molecule has 0 aliphatic carbocycles. The van der Waals surface area contributed by atoms with Crippen molar-refractivity contribution in [3.63, 3.8) is 0 Å². The van der Waals surface area contributed by atoms with E-state index in [4.69, 9.17) is 32.7 Å². The maximum absolute atomic E-state index is 12.9. The third kappa shape index (κ3) is 6.82. The van der Waals surface area contributed by atoms with Gasteiger partial charge >= 0.3 is 0 Å². The maximum atomic E-state index is 12.9. The Bertz CT molecular complexity index is 859. The van der Waals surface area contributed by atoms with Gasteiger partial charge in [-0.3, -0.25) is 9.59 Å². The third-order valence-electron chi connectivity index (χ3n) is 4.63. The largest absolute Gasteiger partial charge is 0.497 e. The van der Waals surface area contributed by atoms with E-state index < -0.39 is 6.04 Å². The number of carbonyl (C=O) groups is 2. The molecule has 0 aliphatic rings. The molecular formula is C22H26Cl2N2O4. The van der Waals surface area contributed by atoms with Crippen LogP contribution < -0.4 is 14.8 Å². The van der Waals surface area contributed by atoms with Gasteiger partial charge in [-0.05, 0) is 55.3 Å². The molecule has 0 bridgehead atoms. The minimum Gasteiger partial charge on any atom is -0.497 e. The molecule has 30 heavy (non-hydrogen) atoms. The molecule has 2 amide bonds. The summed E-state index contributed by atoms with van der Waals surface area (Å²) in [6.07, 6.45) is 0.749. The number of nitrogens with one attached hydrogen (secondary N) is 1. The van der Waals surface area contributed by atoms with Crippen LogP contribution in [0.3, 0.4) is 0 Å². The minimum atomic E-state index is -0.642. The molecule has 2 rings (SSSR count). The standard InChI is InChI=1S/C22H26Cl2N2O4/c1-15(22(28)25-2)26(14-16-6-7-17(23)13-20(16)24)21(27)5-4-12-30-19-10-8-18(29-3)9-11-19/h6-11,13,15H,4-5,12,14H2,1-3H3,(H,25,28). The molecule has 0 fully saturated rings. The Labute approximate surface area is 187 Å². The molecule has 8 heteroatoms. The van der Waals surface area contributed by atoms with E-state index in [9.17, 15) is 9.59 Å². The first-order valence-electron chi connectivity index (χ1n) is 9.57. The van der Waals surface area contributed by atoms with E-state index in [0.29, 0.717) is 28.8 Å². The Balaban J connectivity index is 1.98. The number of carbonyl (C=O) groups excluding carboxylic acids is 2. The second-order valence-electron chi connectivity index (χ2n) is 6.68. The molecule has 6 nitrogen and oxygen atoms in total. The molecule has 2 aromatic rings. The van der Waals surface area contributed by atoms with E-state index in [1.165, 1.54) is 4.90 Å². The average Bonchev–Trinajstić information content (AvgIpc) is 2.75. The van der Waals surface area contributed by atoms with Crippen molar-refractivity contribution in [1.82, 2.24) is 10.2 Å². The summed E-state index contributed by atoms with van der Waals surface area (Å²) in [6.45, 7) is 2.28. The van der Waals surface area contributed by atoms with Gasteiger partial charge < -0.3 is 19.7 Å². The summed E-state index contributed by atoms with van der Waals surface area (Å²) < 4.78 is 10.8. The molecule has 0 saturated carbocycles. The van der Waals surface area contributed by atoms with Crippen molar-refractivity contribution in [2.24, 2.45) is 0 Å². The fraction of sp³-hybridized carbons (Fsp3) is 0.364. The second kappa shape index (κ2) is 11.7. The molecule has 0 aliphatic heterocycles. The predicted octanol–water partition coefficient (Wildman–Crippen LogP) is 4.32. The fourth-order valence-electron chi connectivity index (χ4n) is 2.85. The van der Waals surface area contributed by atoms with E-state index in [-0.39, 0.29) is 24.8 Å². The van der Waals surface area contributed by atoms with Gasteiger partial charge in [0.1, 0.15) is 17.5 Å². The number of rotatable bonds is 10. The monoisotopic (exact) mass is 452 g/mol. The second-order valence-corrected chi connectivity index (χ2v) is 7.52. The molecule has 1 atom stereocenters. The van der Waals surface area contributed by atoms with Gasteiger partial charge in [0.2, 0.25) is 11.8 Å². The lowest BCUT2D eigenvalue weighted by molar-refractivity contribution is -0.140. The summed E-state index contributed by atoms with van der Waals surface area (Å²) >= 11 is 12.2. The highest BCUT2D eigenvalue weighted by molar-refractivity contribution is 6.35. The zero-order valence-electron chi connectivity index (χ0n) is 17.3. The van der Waals surface area contributed by atoms with E-state index in [1.54, 1.807) is 39.3 Å². The van der Waals surface area contributed by atoms with Crippen LogP contribution in [0.15, 0.2) is 42.5 Å². The van der Waals surface area contributed by atoms with Crippen molar-refractivity contribution in [2.45, 2.75) is 32.4 Å². The van der Waals surface area contributed by atoms with Crippen molar-refractivity contribution in [1.29, 1.82) is 0 Å². The summed E-state index contributed by atoms with van der Waals surface area (Å²) in [6, 6.07) is 11.7. The highest BCUT2D eigenvalue weighted by Crippen LogP contribution is 2.24. The molecule has 1 N–H and O–H groups in total. The van der Waals surface area contributed by atoms with Gasteiger partial charge in [0.25, 0.3) is 0 Å². The van der Waals surface area contributed by atoms with E-state index in [2.05, 4.69) is 5.32 Å². The van der Waals surface area contributed by atoms with Crippen LogP contribution in [-0.2, 0) is 16.1 Å². The van der Waals surface area contributed by atoms with E-state index in [0.717, 1.165) is 11.3 Å². The number of hydrogen-bond donors (Lipinski definition) is 1. The number of benzene rings is 2. The van der Waals surface area contributed by atoms with Crippen LogP contribution in [0, 0.1) is 0 Å². The Morgan fingerprint density at radius 3 is 2.37 bits per heavy atom. The molecule has 1 unspecified atom stereocenters. The van der Waals surface area contributed by atoms with Gasteiger partial charge in [0.05, 0.1) is 13.7 Å². The molecule has 0 radical (unpaired) electrons. The van der Waals surface area contributed by atoms with Crippen LogP contribution in [0.4, 0.5) is 0 Å². The summed E-state index contributed by atoms with van der Waals surface area (Å²) in [5.41, 5.74) is 0.722. The summed E-state index contributed by atoms with van der Waals surface area (Å²) in [7, 11) is 3.14. The first kappa shape index (κ1) is 23.8. The quantitative estimate of drug-likeness (QED) is 0.544. The Kier molecular flexibility index (Phi) is 9.27. The molecular weight excluding hydrogens is 427 g/mol. The summed E-state index contributed by atoms with van der Waals surface area (Å²) in [5.74, 6) is 1.04. The van der Waals surface area contributed by atoms with Gasteiger partial charge in [0.15, 0.2) is 0 Å². The fourth-order valence-corrected chi connectivity index (χ4v) is 3.32. The highest BCUT2D eigenvalue weighted by Gasteiger charge is 2.25. The lowest BCUT2D eigenvalue weighted by Crippen LogP contribution is -2.46. The number of methoxy groups -OCH3 is 1. The number of hydrogen-bond acceptors (Lipinski definition) is 4. The van der Waals surface area contributed by atoms with Crippen LogP contribution in [0.2, 0.25) is 10.0 Å². The molecule has 0 spiro atoms. The smallest absolute Gasteiger partial charge is 0.242 e. The van der Waals surface area contributed by atoms with Crippen LogP contribution in [0.5, 0.6) is 11.5 Å².